The van der Waals surface area contributed by atoms with Crippen LogP contribution in [0.2, 0.25) is 0 Å². The second kappa shape index (κ2) is 7.98. The van der Waals surface area contributed by atoms with Gasteiger partial charge in [0.2, 0.25) is 0 Å². The van der Waals surface area contributed by atoms with Gasteiger partial charge >= 0.3 is 0 Å². The highest BCUT2D eigenvalue weighted by Gasteiger charge is 2.11. The first-order chi connectivity index (χ1) is 11.8. The van der Waals surface area contributed by atoms with E-state index in [9.17, 15) is 9.90 Å². The summed E-state index contributed by atoms with van der Waals surface area (Å²) in [6.45, 7) is 7.72. The van der Waals surface area contributed by atoms with Gasteiger partial charge in [-0.25, -0.2) is 0 Å². The first-order valence-electron chi connectivity index (χ1n) is 7.95. The fourth-order valence-corrected chi connectivity index (χ4v) is 2.39. The van der Waals surface area contributed by atoms with Crippen molar-refractivity contribution in [1.29, 1.82) is 0 Å². The second-order valence-electron chi connectivity index (χ2n) is 6.05. The highest BCUT2D eigenvalue weighted by Crippen LogP contribution is 2.26. The molecule has 0 fully saturated rings. The Morgan fingerprint density at radius 2 is 1.72 bits per heavy atom. The molecule has 0 aliphatic rings. The molecule has 0 saturated carbocycles. The summed E-state index contributed by atoms with van der Waals surface area (Å²) in [6.07, 6.45) is 0.0714. The van der Waals surface area contributed by atoms with Crippen molar-refractivity contribution in [1.82, 2.24) is 5.32 Å². The number of aromatic hydroxyl groups is 1. The molecule has 0 aliphatic carbocycles. The first-order valence-corrected chi connectivity index (χ1v) is 8.36. The quantitative estimate of drug-likeness (QED) is 0.571. The predicted octanol–water partition coefficient (Wildman–Crippen LogP) is 3.92. The third kappa shape index (κ3) is 5.19. The van der Waals surface area contributed by atoms with Crippen LogP contribution in [0.1, 0.15) is 35.3 Å². The summed E-state index contributed by atoms with van der Waals surface area (Å²) in [5.41, 5.74) is 2.90. The van der Waals surface area contributed by atoms with Crippen LogP contribution < -0.4 is 15.4 Å². The Hall–Kier alpha value is -2.60. The van der Waals surface area contributed by atoms with E-state index in [1.165, 1.54) is 0 Å². The van der Waals surface area contributed by atoms with E-state index in [2.05, 4.69) is 10.6 Å². The molecule has 0 aromatic heterocycles. The predicted molar refractivity (Wildman–Crippen MR) is 103 cm³/mol. The number of hydrogen-bond acceptors (Lipinski definition) is 4. The molecule has 0 heterocycles. The Labute approximate surface area is 153 Å². The summed E-state index contributed by atoms with van der Waals surface area (Å²) in [5, 5.41) is 15.5. The van der Waals surface area contributed by atoms with Crippen LogP contribution in [-0.2, 0) is 0 Å². The van der Waals surface area contributed by atoms with Crippen LogP contribution in [-0.4, -0.2) is 22.2 Å². The molecule has 6 heteroatoms. The number of benzene rings is 2. The fraction of sp³-hybridized carbons (Fsp3) is 0.263. The van der Waals surface area contributed by atoms with Crippen LogP contribution in [0, 0.1) is 13.8 Å². The Morgan fingerprint density at radius 3 is 2.32 bits per heavy atom. The maximum absolute atomic E-state index is 12.2. The van der Waals surface area contributed by atoms with Crippen LogP contribution in [0.15, 0.2) is 36.4 Å². The number of nitrogens with one attached hydrogen (secondary N) is 2. The monoisotopic (exact) mass is 358 g/mol. The van der Waals surface area contributed by atoms with Gasteiger partial charge in [-0.1, -0.05) is 0 Å². The number of phenols is 1. The molecule has 0 spiro atoms. The molecule has 0 atom stereocenters. The number of thiocarbonyl (C=S) groups is 1. The van der Waals surface area contributed by atoms with Crippen LogP contribution in [0.4, 0.5) is 5.69 Å². The normalized spacial score (nSPS) is 10.4. The molecule has 2 aromatic carbocycles. The third-order valence-corrected chi connectivity index (χ3v) is 3.78. The number of amides is 1. The molecular formula is C19H22N2O3S. The fourth-order valence-electron chi connectivity index (χ4n) is 2.19. The number of carbonyl (C=O) groups excluding carboxylic acids is 1. The highest BCUT2D eigenvalue weighted by molar-refractivity contribution is 7.80. The van der Waals surface area contributed by atoms with Crippen molar-refractivity contribution in [2.75, 3.05) is 5.32 Å². The minimum absolute atomic E-state index is 0.0714. The van der Waals surface area contributed by atoms with E-state index in [4.69, 9.17) is 17.0 Å². The number of phenolic OH excluding ortho intramolecular Hbond substituents is 1. The number of hydrogen-bond donors (Lipinski definition) is 3. The summed E-state index contributed by atoms with van der Waals surface area (Å²) in [6, 6.07) is 10.2. The van der Waals surface area contributed by atoms with Gasteiger partial charge in [0.1, 0.15) is 11.5 Å². The average Bonchev–Trinajstić information content (AvgIpc) is 2.52. The minimum Gasteiger partial charge on any atom is -0.506 e. The Balaban J connectivity index is 2.00. The van der Waals surface area contributed by atoms with Gasteiger partial charge in [-0.15, -0.1) is 0 Å². The molecular weight excluding hydrogens is 336 g/mol. The topological polar surface area (TPSA) is 70.6 Å². The molecule has 2 aromatic rings. The largest absolute Gasteiger partial charge is 0.506 e. The third-order valence-electron chi connectivity index (χ3n) is 3.58. The van der Waals surface area contributed by atoms with E-state index < -0.39 is 0 Å². The molecule has 2 rings (SSSR count). The number of rotatable bonds is 4. The lowest BCUT2D eigenvalue weighted by Crippen LogP contribution is -2.34. The van der Waals surface area contributed by atoms with Crippen molar-refractivity contribution >= 4 is 28.9 Å². The van der Waals surface area contributed by atoms with Gasteiger partial charge in [0, 0.05) is 5.56 Å². The van der Waals surface area contributed by atoms with Gasteiger partial charge in [0.15, 0.2) is 5.11 Å². The standard InChI is InChI=1S/C19H22N2O3S/c1-11(2)24-15-7-5-14(6-8-15)18(23)21-19(25)20-16-9-12(3)13(4)10-17(16)22/h5-11,22H,1-4H3,(H2,20,21,23,25). The Kier molecular flexibility index (Phi) is 5.98. The molecule has 1 amide bonds. The number of carbonyl (C=O) groups is 1. The van der Waals surface area contributed by atoms with E-state index in [1.807, 2.05) is 27.7 Å². The lowest BCUT2D eigenvalue weighted by atomic mass is 10.1. The number of ether oxygens (including phenoxy) is 1. The minimum atomic E-state index is -0.336. The average molecular weight is 358 g/mol. The summed E-state index contributed by atoms with van der Waals surface area (Å²) in [4.78, 5) is 12.2. The SMILES string of the molecule is Cc1cc(O)c(NC(=S)NC(=O)c2ccc(OC(C)C)cc2)cc1C. The summed E-state index contributed by atoms with van der Waals surface area (Å²) < 4.78 is 5.55. The van der Waals surface area contributed by atoms with Crippen LogP contribution in [0.3, 0.4) is 0 Å². The summed E-state index contributed by atoms with van der Waals surface area (Å²) in [5.74, 6) is 0.444. The smallest absolute Gasteiger partial charge is 0.257 e. The first kappa shape index (κ1) is 18.7. The molecule has 3 N–H and O–H groups in total. The van der Waals surface area contributed by atoms with Crippen LogP contribution >= 0.6 is 12.2 Å². The van der Waals surface area contributed by atoms with Crippen molar-refractivity contribution in [3.8, 4) is 11.5 Å². The highest BCUT2D eigenvalue weighted by atomic mass is 32.1. The zero-order valence-corrected chi connectivity index (χ0v) is 15.5. The number of anilines is 1. The van der Waals surface area contributed by atoms with Gasteiger partial charge in [-0.05, 0) is 87.4 Å². The number of aryl methyl sites for hydroxylation is 2. The van der Waals surface area contributed by atoms with E-state index in [0.29, 0.717) is 17.0 Å². The van der Waals surface area contributed by atoms with Crippen molar-refractivity contribution in [3.05, 3.63) is 53.1 Å². The van der Waals surface area contributed by atoms with Crippen molar-refractivity contribution < 1.29 is 14.6 Å². The molecule has 5 nitrogen and oxygen atoms in total. The summed E-state index contributed by atoms with van der Waals surface area (Å²) >= 11 is 5.15. The molecule has 0 unspecified atom stereocenters. The van der Waals surface area contributed by atoms with Gasteiger partial charge in [0.25, 0.3) is 5.91 Å². The second-order valence-corrected chi connectivity index (χ2v) is 6.46. The summed E-state index contributed by atoms with van der Waals surface area (Å²) in [7, 11) is 0. The Bertz CT molecular complexity index is 786. The van der Waals surface area contributed by atoms with E-state index >= 15 is 0 Å². The molecule has 0 bridgehead atoms. The zero-order chi connectivity index (χ0) is 18.6. The zero-order valence-electron chi connectivity index (χ0n) is 14.7. The molecule has 132 valence electrons. The van der Waals surface area contributed by atoms with E-state index in [-0.39, 0.29) is 22.9 Å². The van der Waals surface area contributed by atoms with Gasteiger partial charge in [-0.3, -0.25) is 10.1 Å². The maximum atomic E-state index is 12.2. The van der Waals surface area contributed by atoms with Gasteiger partial charge in [-0.2, -0.15) is 0 Å². The van der Waals surface area contributed by atoms with Crippen molar-refractivity contribution in [2.24, 2.45) is 0 Å². The van der Waals surface area contributed by atoms with E-state index in [0.717, 1.165) is 11.1 Å². The molecule has 0 radical (unpaired) electrons. The molecule has 0 saturated heterocycles. The van der Waals surface area contributed by atoms with Crippen LogP contribution in [0.25, 0.3) is 0 Å². The maximum Gasteiger partial charge on any atom is 0.257 e. The van der Waals surface area contributed by atoms with Gasteiger partial charge < -0.3 is 15.2 Å². The molecule has 0 aliphatic heterocycles. The molecule has 25 heavy (non-hydrogen) atoms. The van der Waals surface area contributed by atoms with Crippen molar-refractivity contribution in [2.45, 2.75) is 33.8 Å². The lowest BCUT2D eigenvalue weighted by Gasteiger charge is -2.13. The Morgan fingerprint density at radius 1 is 1.12 bits per heavy atom. The lowest BCUT2D eigenvalue weighted by molar-refractivity contribution is 0.0977. The van der Waals surface area contributed by atoms with Gasteiger partial charge in [0.05, 0.1) is 11.8 Å². The van der Waals surface area contributed by atoms with Crippen molar-refractivity contribution in [3.63, 3.8) is 0 Å². The van der Waals surface area contributed by atoms with E-state index in [1.54, 1.807) is 36.4 Å². The van der Waals surface area contributed by atoms with Crippen LogP contribution in [0.5, 0.6) is 11.5 Å².